The normalized spacial score (nSPS) is 16.0. The van der Waals surface area contributed by atoms with Crippen molar-refractivity contribution in [2.75, 3.05) is 4.90 Å². The van der Waals surface area contributed by atoms with Crippen LogP contribution < -0.4 is 4.90 Å². The topological polar surface area (TPSA) is 21.3 Å². The van der Waals surface area contributed by atoms with Gasteiger partial charge in [0.15, 0.2) is 5.58 Å². The summed E-state index contributed by atoms with van der Waals surface area (Å²) in [5, 5.41) is 4.72. The molecule has 2 aromatic heterocycles. The lowest BCUT2D eigenvalue weighted by Crippen LogP contribution is -2.16. The molecule has 0 atom stereocenters. The number of fused-ring (bicyclic) bond motifs is 10. The van der Waals surface area contributed by atoms with Crippen molar-refractivity contribution in [2.45, 2.75) is 45.4 Å². The van der Waals surface area contributed by atoms with Gasteiger partial charge in [-0.25, -0.2) is 0 Å². The maximum atomic E-state index is 6.71. The fourth-order valence-electron chi connectivity index (χ4n) is 11.2. The molecule has 0 aliphatic heterocycles. The van der Waals surface area contributed by atoms with Gasteiger partial charge in [0.2, 0.25) is 0 Å². The lowest BCUT2D eigenvalue weighted by Gasteiger charge is -2.28. The molecule has 0 spiro atoms. The molecule has 64 heavy (non-hydrogen) atoms. The number of nitrogens with zero attached hydrogens (tertiary/aromatic N) is 2. The van der Waals surface area contributed by atoms with Gasteiger partial charge in [-0.1, -0.05) is 150 Å². The van der Waals surface area contributed by atoms with Gasteiger partial charge in [-0.3, -0.25) is 0 Å². The van der Waals surface area contributed by atoms with Crippen molar-refractivity contribution in [3.05, 3.63) is 222 Å². The molecule has 0 unspecified atom stereocenters. The minimum Gasteiger partial charge on any atom is -0.454 e. The van der Waals surface area contributed by atoms with E-state index in [9.17, 15) is 0 Å². The molecule has 10 aromatic rings. The fourth-order valence-corrected chi connectivity index (χ4v) is 11.2. The molecule has 0 bridgehead atoms. The summed E-state index contributed by atoms with van der Waals surface area (Å²) in [6, 6.07) is 62.5. The summed E-state index contributed by atoms with van der Waals surface area (Å²) in [4.78, 5) is 2.37. The molecule has 0 N–H and O–H groups in total. The molecule has 8 aromatic carbocycles. The monoisotopic (exact) mass is 824 g/mol. The fraction of sp³-hybridized carbons (Fsp3) is 0.115. The highest BCUT2D eigenvalue weighted by Gasteiger charge is 2.39. The predicted molar refractivity (Wildman–Crippen MR) is 271 cm³/mol. The van der Waals surface area contributed by atoms with Gasteiger partial charge in [0.25, 0.3) is 0 Å². The van der Waals surface area contributed by atoms with Crippen molar-refractivity contribution >= 4 is 66.4 Å². The van der Waals surface area contributed by atoms with Crippen LogP contribution in [0.25, 0.3) is 77.3 Å². The number of hydrogen-bond acceptors (Lipinski definition) is 2. The van der Waals surface area contributed by atoms with Gasteiger partial charge >= 0.3 is 0 Å². The largest absolute Gasteiger partial charge is 0.454 e. The Kier molecular flexibility index (Phi) is 8.30. The zero-order chi connectivity index (χ0) is 43.5. The summed E-state index contributed by atoms with van der Waals surface area (Å²) in [5.74, 6) is 0. The van der Waals surface area contributed by atoms with E-state index < -0.39 is 0 Å². The van der Waals surface area contributed by atoms with Crippen molar-refractivity contribution in [2.24, 2.45) is 0 Å². The number of para-hydroxylation sites is 3. The molecule has 0 fully saturated rings. The van der Waals surface area contributed by atoms with E-state index in [-0.39, 0.29) is 10.8 Å². The van der Waals surface area contributed by atoms with Gasteiger partial charge in [-0.05, 0) is 135 Å². The van der Waals surface area contributed by atoms with Crippen LogP contribution in [0.4, 0.5) is 17.1 Å². The van der Waals surface area contributed by atoms with Crippen molar-refractivity contribution in [1.29, 1.82) is 0 Å². The highest BCUT2D eigenvalue weighted by Crippen LogP contribution is 2.53. The van der Waals surface area contributed by atoms with Crippen LogP contribution in [0.2, 0.25) is 0 Å². The molecule has 12 rings (SSSR count). The van der Waals surface area contributed by atoms with Crippen LogP contribution in [0.3, 0.4) is 0 Å². The Morgan fingerprint density at radius 2 is 1.23 bits per heavy atom. The van der Waals surface area contributed by atoms with E-state index in [1.54, 1.807) is 0 Å². The van der Waals surface area contributed by atoms with Crippen molar-refractivity contribution in [1.82, 2.24) is 4.57 Å². The van der Waals surface area contributed by atoms with E-state index in [0.29, 0.717) is 0 Å². The number of anilines is 3. The molecule has 0 radical (unpaired) electrons. The summed E-state index contributed by atoms with van der Waals surface area (Å²) in [6.45, 7) is 15.6. The van der Waals surface area contributed by atoms with Gasteiger partial charge in [-0.15, -0.1) is 0 Å². The molecule has 3 nitrogen and oxygen atoms in total. The van der Waals surface area contributed by atoms with E-state index in [1.807, 2.05) is 12.1 Å². The molecular weight excluding hydrogens is 777 g/mol. The van der Waals surface area contributed by atoms with Gasteiger partial charge in [0, 0.05) is 49.4 Å². The Bertz CT molecular complexity index is 3630. The zero-order valence-electron chi connectivity index (χ0n) is 36.9. The first-order valence-electron chi connectivity index (χ1n) is 22.4. The first-order chi connectivity index (χ1) is 31.2. The van der Waals surface area contributed by atoms with Crippen LogP contribution in [0.15, 0.2) is 205 Å². The van der Waals surface area contributed by atoms with Crippen LogP contribution >= 0.6 is 0 Å². The van der Waals surface area contributed by atoms with Gasteiger partial charge in [0.05, 0.1) is 16.7 Å². The summed E-state index contributed by atoms with van der Waals surface area (Å²) in [5.41, 5.74) is 21.1. The molecule has 0 saturated carbocycles. The van der Waals surface area contributed by atoms with Crippen LogP contribution in [-0.4, -0.2) is 4.57 Å². The molecular formula is C61H48N2O. The summed E-state index contributed by atoms with van der Waals surface area (Å²) in [6.07, 6.45) is 6.31. The van der Waals surface area contributed by atoms with Crippen LogP contribution in [0.1, 0.15) is 56.9 Å². The Labute approximate surface area is 374 Å². The standard InChI is InChI=1S/C61H48N2O/c1-7-17-51-43(8-2)45-32-31-42(35-53(45)60(51,3)4)62(56-24-16-22-47-46-21-13-15-25-58(46)64-59(47)56)41-29-26-38(27-30-41)39-28-33-55-49(34-39)50-36-48-44-20-12-14-23-52(44)61(5,6)54(48)37-57(50)63(55)40-18-10-9-11-19-40/h7-37H,1H2,2-6H3/b43-8-,51-17?. The number of aromatic nitrogens is 1. The Balaban J connectivity index is 1.02. The van der Waals surface area contributed by atoms with Crippen molar-refractivity contribution < 1.29 is 4.42 Å². The summed E-state index contributed by atoms with van der Waals surface area (Å²) < 4.78 is 9.16. The Morgan fingerprint density at radius 1 is 0.531 bits per heavy atom. The molecule has 2 aliphatic rings. The lowest BCUT2D eigenvalue weighted by atomic mass is 9.81. The average molecular weight is 825 g/mol. The average Bonchev–Trinajstić information content (AvgIpc) is 3.99. The number of furan rings is 1. The van der Waals surface area contributed by atoms with Crippen LogP contribution in [0, 0.1) is 0 Å². The quantitative estimate of drug-likeness (QED) is 0.167. The van der Waals surface area contributed by atoms with Gasteiger partial charge in [0.1, 0.15) is 5.58 Å². The minimum absolute atomic E-state index is 0.0915. The summed E-state index contributed by atoms with van der Waals surface area (Å²) in [7, 11) is 0. The predicted octanol–water partition coefficient (Wildman–Crippen LogP) is 16.9. The second-order valence-electron chi connectivity index (χ2n) is 18.5. The van der Waals surface area contributed by atoms with Crippen molar-refractivity contribution in [3.63, 3.8) is 0 Å². The van der Waals surface area contributed by atoms with Crippen LogP contribution in [-0.2, 0) is 10.8 Å². The van der Waals surface area contributed by atoms with E-state index in [2.05, 4.69) is 227 Å². The molecule has 308 valence electrons. The van der Waals surface area contributed by atoms with Crippen molar-refractivity contribution in [3.8, 4) is 27.9 Å². The van der Waals surface area contributed by atoms with E-state index >= 15 is 0 Å². The number of hydrogen-bond donors (Lipinski definition) is 0. The molecule has 2 heterocycles. The number of allylic oxidation sites excluding steroid dienone is 5. The third-order valence-electron chi connectivity index (χ3n) is 14.3. The first kappa shape index (κ1) is 38.1. The minimum atomic E-state index is -0.204. The zero-order valence-corrected chi connectivity index (χ0v) is 36.9. The highest BCUT2D eigenvalue weighted by atomic mass is 16.3. The number of benzene rings is 8. The maximum absolute atomic E-state index is 6.71. The maximum Gasteiger partial charge on any atom is 0.159 e. The molecule has 3 heteroatoms. The third-order valence-corrected chi connectivity index (χ3v) is 14.3. The second-order valence-corrected chi connectivity index (χ2v) is 18.5. The highest BCUT2D eigenvalue weighted by molar-refractivity contribution is 6.13. The molecule has 0 saturated heterocycles. The SMILES string of the molecule is C=CC=C1/C(=C\C)c2ccc(N(c3ccc(-c4ccc5c(c4)c4cc6c(cc4n5-c4ccccc4)C(C)(C)c4ccccc4-6)cc3)c3cccc4c3oc3ccccc34)cc2C1(C)C. The van der Waals surface area contributed by atoms with E-state index in [0.717, 1.165) is 50.3 Å². The Hall–Kier alpha value is -7.62. The molecule has 2 aliphatic carbocycles. The number of rotatable bonds is 6. The lowest BCUT2D eigenvalue weighted by molar-refractivity contribution is 0.660. The third kappa shape index (κ3) is 5.40. The molecule has 0 amide bonds. The first-order valence-corrected chi connectivity index (χ1v) is 22.4. The van der Waals surface area contributed by atoms with Gasteiger partial charge in [-0.2, -0.15) is 0 Å². The van der Waals surface area contributed by atoms with Crippen LogP contribution in [0.5, 0.6) is 0 Å². The second kappa shape index (κ2) is 13.9. The van der Waals surface area contributed by atoms with E-state index in [1.165, 1.54) is 71.9 Å². The van der Waals surface area contributed by atoms with E-state index in [4.69, 9.17) is 4.42 Å². The smallest absolute Gasteiger partial charge is 0.159 e. The summed E-state index contributed by atoms with van der Waals surface area (Å²) >= 11 is 0. The Morgan fingerprint density at radius 3 is 2.05 bits per heavy atom. The van der Waals surface area contributed by atoms with Gasteiger partial charge < -0.3 is 13.9 Å².